The summed E-state index contributed by atoms with van der Waals surface area (Å²) in [7, 11) is 1.74. The van der Waals surface area contributed by atoms with Crippen LogP contribution in [-0.2, 0) is 4.74 Å². The van der Waals surface area contributed by atoms with Gasteiger partial charge in [-0.25, -0.2) is 0 Å². The van der Waals surface area contributed by atoms with E-state index in [0.717, 1.165) is 25.9 Å². The van der Waals surface area contributed by atoms with Crippen molar-refractivity contribution in [1.82, 2.24) is 0 Å². The first kappa shape index (κ1) is 11.9. The highest BCUT2D eigenvalue weighted by atomic mass is 16.5. The summed E-state index contributed by atoms with van der Waals surface area (Å²) in [5, 5.41) is 0. The quantitative estimate of drug-likeness (QED) is 0.668. The zero-order chi connectivity index (χ0) is 9.61. The number of rotatable bonds is 6. The molecule has 0 bridgehead atoms. The third kappa shape index (κ3) is 4.07. The molecule has 74 valence electrons. The van der Waals surface area contributed by atoms with Gasteiger partial charge in [0.2, 0.25) is 0 Å². The molecule has 0 saturated carbocycles. The Labute approximate surface area is 76.5 Å². The second-order valence-corrected chi connectivity index (χ2v) is 3.94. The summed E-state index contributed by atoms with van der Waals surface area (Å²) in [4.78, 5) is 0. The minimum absolute atomic E-state index is 0.0206. The van der Waals surface area contributed by atoms with Crippen molar-refractivity contribution in [3.05, 3.63) is 0 Å². The highest BCUT2D eigenvalue weighted by Crippen LogP contribution is 2.22. The van der Waals surface area contributed by atoms with E-state index in [4.69, 9.17) is 10.5 Å². The van der Waals surface area contributed by atoms with Gasteiger partial charge in [-0.2, -0.15) is 0 Å². The molecule has 0 spiro atoms. The van der Waals surface area contributed by atoms with Gasteiger partial charge in [-0.15, -0.1) is 0 Å². The average molecular weight is 173 g/mol. The maximum Gasteiger partial charge on any atom is 0.0465 e. The molecule has 0 aromatic heterocycles. The topological polar surface area (TPSA) is 35.2 Å². The van der Waals surface area contributed by atoms with Crippen LogP contribution in [0.15, 0.2) is 0 Å². The van der Waals surface area contributed by atoms with Gasteiger partial charge in [-0.05, 0) is 25.7 Å². The zero-order valence-corrected chi connectivity index (χ0v) is 8.89. The van der Waals surface area contributed by atoms with Gasteiger partial charge in [0.1, 0.15) is 0 Å². The summed E-state index contributed by atoms with van der Waals surface area (Å²) in [6, 6.07) is 0. The first-order chi connectivity index (χ1) is 5.54. The largest absolute Gasteiger partial charge is 0.385 e. The fourth-order valence-electron chi connectivity index (χ4n) is 1.41. The molecular weight excluding hydrogens is 150 g/mol. The van der Waals surface area contributed by atoms with Crippen molar-refractivity contribution in [2.45, 2.75) is 45.6 Å². The van der Waals surface area contributed by atoms with Crippen molar-refractivity contribution in [3.8, 4) is 0 Å². The molecular formula is C10H23NO. The second kappa shape index (κ2) is 5.55. The molecule has 0 aromatic rings. The van der Waals surface area contributed by atoms with Crippen molar-refractivity contribution in [3.63, 3.8) is 0 Å². The molecule has 0 aliphatic heterocycles. The Morgan fingerprint density at radius 2 is 2.08 bits per heavy atom. The van der Waals surface area contributed by atoms with E-state index in [0.29, 0.717) is 5.92 Å². The molecule has 0 aromatic carbocycles. The molecule has 0 aliphatic carbocycles. The molecule has 0 fully saturated rings. The van der Waals surface area contributed by atoms with E-state index in [1.165, 1.54) is 0 Å². The molecule has 2 heteroatoms. The lowest BCUT2D eigenvalue weighted by Crippen LogP contribution is -2.43. The molecule has 2 atom stereocenters. The van der Waals surface area contributed by atoms with E-state index in [9.17, 15) is 0 Å². The Hall–Kier alpha value is -0.0800. The van der Waals surface area contributed by atoms with Gasteiger partial charge in [-0.3, -0.25) is 0 Å². The third-order valence-corrected chi connectivity index (χ3v) is 2.67. The van der Waals surface area contributed by atoms with Gasteiger partial charge in [0.05, 0.1) is 0 Å². The van der Waals surface area contributed by atoms with Crippen LogP contribution in [0.5, 0.6) is 0 Å². The highest BCUT2D eigenvalue weighted by Gasteiger charge is 2.24. The lowest BCUT2D eigenvalue weighted by atomic mass is 9.82. The van der Waals surface area contributed by atoms with E-state index in [2.05, 4.69) is 20.8 Å². The zero-order valence-electron chi connectivity index (χ0n) is 8.89. The predicted molar refractivity (Wildman–Crippen MR) is 53.2 cm³/mol. The summed E-state index contributed by atoms with van der Waals surface area (Å²) in [6.07, 6.45) is 3.31. The Morgan fingerprint density at radius 3 is 2.50 bits per heavy atom. The lowest BCUT2D eigenvalue weighted by molar-refractivity contribution is 0.156. The van der Waals surface area contributed by atoms with Crippen molar-refractivity contribution < 1.29 is 4.74 Å². The van der Waals surface area contributed by atoms with Crippen LogP contribution in [0.3, 0.4) is 0 Å². The second-order valence-electron chi connectivity index (χ2n) is 3.94. The lowest BCUT2D eigenvalue weighted by Gasteiger charge is -2.31. The van der Waals surface area contributed by atoms with E-state index >= 15 is 0 Å². The normalized spacial score (nSPS) is 18.8. The number of methoxy groups -OCH3 is 1. The Balaban J connectivity index is 3.79. The summed E-state index contributed by atoms with van der Waals surface area (Å²) >= 11 is 0. The molecule has 0 saturated heterocycles. The van der Waals surface area contributed by atoms with E-state index in [1.54, 1.807) is 7.11 Å². The van der Waals surface area contributed by atoms with Crippen LogP contribution in [0.1, 0.15) is 40.0 Å². The first-order valence-corrected chi connectivity index (χ1v) is 4.82. The molecule has 2 unspecified atom stereocenters. The van der Waals surface area contributed by atoms with Gasteiger partial charge in [0.25, 0.3) is 0 Å². The summed E-state index contributed by atoms with van der Waals surface area (Å²) in [5.74, 6) is 0.539. The van der Waals surface area contributed by atoms with Crippen LogP contribution in [0.25, 0.3) is 0 Å². The van der Waals surface area contributed by atoms with Crippen LogP contribution in [-0.4, -0.2) is 19.3 Å². The number of nitrogens with two attached hydrogens (primary N) is 1. The van der Waals surface area contributed by atoms with E-state index < -0.39 is 0 Å². The van der Waals surface area contributed by atoms with Crippen LogP contribution >= 0.6 is 0 Å². The number of hydrogen-bond acceptors (Lipinski definition) is 2. The Bertz CT molecular complexity index is 112. The molecule has 0 amide bonds. The fraction of sp³-hybridized carbons (Fsp3) is 1.00. The van der Waals surface area contributed by atoms with Gasteiger partial charge in [0.15, 0.2) is 0 Å². The molecule has 0 radical (unpaired) electrons. The first-order valence-electron chi connectivity index (χ1n) is 4.82. The minimum atomic E-state index is -0.0206. The fourth-order valence-corrected chi connectivity index (χ4v) is 1.41. The maximum absolute atomic E-state index is 6.16. The van der Waals surface area contributed by atoms with E-state index in [1.807, 2.05) is 0 Å². The highest BCUT2D eigenvalue weighted by molar-refractivity contribution is 4.83. The standard InChI is InChI=1S/C10H23NO/c1-5-7-10(3,11)9(2)6-8-12-4/h9H,5-8,11H2,1-4H3. The molecule has 12 heavy (non-hydrogen) atoms. The molecule has 2 N–H and O–H groups in total. The number of hydrogen-bond donors (Lipinski definition) is 1. The number of ether oxygens (including phenoxy) is 1. The Kier molecular flexibility index (Phi) is 5.51. The monoisotopic (exact) mass is 173 g/mol. The van der Waals surface area contributed by atoms with Crippen LogP contribution < -0.4 is 5.73 Å². The average Bonchev–Trinajstić information content (AvgIpc) is 2.00. The summed E-state index contributed by atoms with van der Waals surface area (Å²) in [5.41, 5.74) is 6.14. The smallest absolute Gasteiger partial charge is 0.0465 e. The minimum Gasteiger partial charge on any atom is -0.385 e. The SMILES string of the molecule is CCCC(C)(N)C(C)CCOC. The van der Waals surface area contributed by atoms with Crippen molar-refractivity contribution >= 4 is 0 Å². The van der Waals surface area contributed by atoms with Crippen molar-refractivity contribution in [2.24, 2.45) is 11.7 Å². The van der Waals surface area contributed by atoms with Crippen LogP contribution in [0, 0.1) is 5.92 Å². The van der Waals surface area contributed by atoms with Crippen LogP contribution in [0.2, 0.25) is 0 Å². The molecule has 2 nitrogen and oxygen atoms in total. The molecule has 0 heterocycles. The maximum atomic E-state index is 6.16. The summed E-state index contributed by atoms with van der Waals surface area (Å²) < 4.78 is 5.03. The predicted octanol–water partition coefficient (Wildman–Crippen LogP) is 2.18. The van der Waals surface area contributed by atoms with E-state index in [-0.39, 0.29) is 5.54 Å². The van der Waals surface area contributed by atoms with Gasteiger partial charge >= 0.3 is 0 Å². The van der Waals surface area contributed by atoms with Gasteiger partial charge in [-0.1, -0.05) is 20.3 Å². The molecule has 0 aliphatic rings. The molecule has 0 rings (SSSR count). The summed E-state index contributed by atoms with van der Waals surface area (Å²) in [6.45, 7) is 7.33. The van der Waals surface area contributed by atoms with Crippen molar-refractivity contribution in [1.29, 1.82) is 0 Å². The third-order valence-electron chi connectivity index (χ3n) is 2.67. The van der Waals surface area contributed by atoms with Gasteiger partial charge in [0, 0.05) is 19.3 Å². The van der Waals surface area contributed by atoms with Crippen molar-refractivity contribution in [2.75, 3.05) is 13.7 Å². The Morgan fingerprint density at radius 1 is 1.50 bits per heavy atom. The van der Waals surface area contributed by atoms with Gasteiger partial charge < -0.3 is 10.5 Å². The van der Waals surface area contributed by atoms with Crippen LogP contribution in [0.4, 0.5) is 0 Å².